The Morgan fingerprint density at radius 3 is 1.08 bits per heavy atom. The van der Waals surface area contributed by atoms with E-state index in [2.05, 4.69) is 137 Å². The minimum Gasteiger partial charge on any atom is -0.308 e. The molecule has 0 aliphatic heterocycles. The third-order valence-electron chi connectivity index (χ3n) is 11.1. The van der Waals surface area contributed by atoms with Gasteiger partial charge in [-0.2, -0.15) is 0 Å². The van der Waals surface area contributed by atoms with E-state index in [1.165, 1.54) is 22.3 Å². The van der Waals surface area contributed by atoms with Gasteiger partial charge in [0, 0.05) is 43.1 Å². The van der Waals surface area contributed by atoms with E-state index in [0.29, 0.717) is 11.8 Å². The summed E-state index contributed by atoms with van der Waals surface area (Å²) in [6.07, 6.45) is 0. The van der Waals surface area contributed by atoms with Gasteiger partial charge in [-0.05, 0) is 107 Å². The molecule has 0 saturated carbocycles. The second-order valence-electron chi connectivity index (χ2n) is 15.3. The number of aromatic nitrogens is 2. The molecule has 0 atom stereocenters. The minimum atomic E-state index is 0.101. The summed E-state index contributed by atoms with van der Waals surface area (Å²) in [6.45, 7) is 17.5. The summed E-state index contributed by atoms with van der Waals surface area (Å²) in [6, 6.07) is 26.3. The fourth-order valence-corrected chi connectivity index (χ4v) is 8.21. The van der Waals surface area contributed by atoms with Gasteiger partial charge in [-0.25, -0.2) is 0 Å². The van der Waals surface area contributed by atoms with Crippen LogP contribution in [0.15, 0.2) is 82.4 Å². The standard InChI is InChI=1S/C44H40N2O2/c1-21(2)25-9-11-37-33(13-25)43(47)35-17-27(23(5)6)15-31-29-19-30-32-16-28(24(7)8)18-36-42(32)46(40(30)20-39(29)45(37)41(31)35)38-12-10-26(22(3)4)14-34(38)44(36)48/h9-24H,1-8H3. The van der Waals surface area contributed by atoms with E-state index in [1.54, 1.807) is 0 Å². The molecule has 0 amide bonds. The second kappa shape index (κ2) is 9.79. The lowest BCUT2D eigenvalue weighted by Crippen LogP contribution is -2.08. The van der Waals surface area contributed by atoms with Gasteiger partial charge in [0.15, 0.2) is 10.9 Å². The van der Waals surface area contributed by atoms with Gasteiger partial charge in [0.1, 0.15) is 0 Å². The Bertz CT molecular complexity index is 2740. The van der Waals surface area contributed by atoms with Crippen LogP contribution in [0.3, 0.4) is 0 Å². The van der Waals surface area contributed by atoms with E-state index >= 15 is 0 Å². The maximum atomic E-state index is 14.3. The van der Waals surface area contributed by atoms with Crippen LogP contribution >= 0.6 is 0 Å². The van der Waals surface area contributed by atoms with E-state index in [1.807, 2.05) is 0 Å². The van der Waals surface area contributed by atoms with Crippen molar-refractivity contribution < 1.29 is 0 Å². The Morgan fingerprint density at radius 1 is 0.354 bits per heavy atom. The van der Waals surface area contributed by atoms with Crippen LogP contribution in [0.25, 0.3) is 76.2 Å². The molecule has 0 saturated heterocycles. The van der Waals surface area contributed by atoms with E-state index in [0.717, 1.165) is 76.2 Å². The molecule has 0 radical (unpaired) electrons. The summed E-state index contributed by atoms with van der Waals surface area (Å²) in [5, 5.41) is 7.55. The minimum absolute atomic E-state index is 0.101. The van der Waals surface area contributed by atoms with Gasteiger partial charge in [-0.1, -0.05) is 67.5 Å². The van der Waals surface area contributed by atoms with Gasteiger partial charge >= 0.3 is 0 Å². The SMILES string of the molecule is CC(C)c1ccc2c(c1)c(=O)c1cc(C(C)C)cc3c4cc5c6cc(C(C)C)cc7c(=O)c8cc(C(C)C)ccc8n(c5cc4n2c13)c76. The highest BCUT2D eigenvalue weighted by molar-refractivity contribution is 6.24. The van der Waals surface area contributed by atoms with Crippen molar-refractivity contribution in [3.8, 4) is 0 Å². The molecule has 48 heavy (non-hydrogen) atoms. The van der Waals surface area contributed by atoms with Crippen LogP contribution < -0.4 is 10.9 Å². The maximum Gasteiger partial charge on any atom is 0.197 e. The number of hydrogen-bond donors (Lipinski definition) is 0. The molecule has 0 spiro atoms. The predicted molar refractivity (Wildman–Crippen MR) is 205 cm³/mol. The average Bonchev–Trinajstić information content (AvgIpc) is 3.56. The maximum absolute atomic E-state index is 14.3. The molecule has 238 valence electrons. The first-order valence-electron chi connectivity index (χ1n) is 17.5. The Kier molecular flexibility index (Phi) is 5.96. The molecule has 5 aromatic carbocycles. The normalized spacial score (nSPS) is 13.1. The van der Waals surface area contributed by atoms with Crippen LogP contribution in [-0.4, -0.2) is 8.80 Å². The van der Waals surface area contributed by atoms with Gasteiger partial charge in [0.25, 0.3) is 0 Å². The quantitative estimate of drug-likeness (QED) is 0.182. The molecule has 4 heterocycles. The molecule has 4 nitrogen and oxygen atoms in total. The Balaban J connectivity index is 1.57. The molecule has 0 N–H and O–H groups in total. The first-order chi connectivity index (χ1) is 22.9. The largest absolute Gasteiger partial charge is 0.308 e. The zero-order valence-corrected chi connectivity index (χ0v) is 28.9. The van der Waals surface area contributed by atoms with Crippen molar-refractivity contribution in [3.63, 3.8) is 0 Å². The fourth-order valence-electron chi connectivity index (χ4n) is 8.21. The number of benzene rings is 5. The van der Waals surface area contributed by atoms with Crippen LogP contribution in [0.2, 0.25) is 0 Å². The lowest BCUT2D eigenvalue weighted by molar-refractivity contribution is 0.868. The first-order valence-corrected chi connectivity index (χ1v) is 17.5. The monoisotopic (exact) mass is 628 g/mol. The van der Waals surface area contributed by atoms with E-state index in [9.17, 15) is 9.59 Å². The molecule has 4 aromatic heterocycles. The van der Waals surface area contributed by atoms with Gasteiger partial charge in [0.05, 0.1) is 33.1 Å². The highest BCUT2D eigenvalue weighted by Crippen LogP contribution is 2.42. The molecule has 4 heteroatoms. The second-order valence-corrected chi connectivity index (χ2v) is 15.3. The van der Waals surface area contributed by atoms with Crippen LogP contribution in [-0.2, 0) is 0 Å². The van der Waals surface area contributed by atoms with E-state index in [-0.39, 0.29) is 22.7 Å². The predicted octanol–water partition coefficient (Wildman–Crippen LogP) is 11.2. The van der Waals surface area contributed by atoms with E-state index < -0.39 is 0 Å². The zero-order valence-electron chi connectivity index (χ0n) is 28.9. The summed E-state index contributed by atoms with van der Waals surface area (Å²) >= 11 is 0. The number of pyridine rings is 2. The highest BCUT2D eigenvalue weighted by Gasteiger charge is 2.24. The molecular weight excluding hydrogens is 588 g/mol. The average molecular weight is 629 g/mol. The molecule has 0 bridgehead atoms. The van der Waals surface area contributed by atoms with Crippen molar-refractivity contribution in [2.24, 2.45) is 0 Å². The molecule has 0 fully saturated rings. The topological polar surface area (TPSA) is 43.0 Å². The lowest BCUT2D eigenvalue weighted by Gasteiger charge is -2.13. The molecule has 0 aliphatic rings. The molecule has 0 unspecified atom stereocenters. The summed E-state index contributed by atoms with van der Waals surface area (Å²) in [7, 11) is 0. The van der Waals surface area contributed by atoms with Crippen LogP contribution in [0.5, 0.6) is 0 Å². The van der Waals surface area contributed by atoms with Crippen molar-refractivity contribution in [1.82, 2.24) is 8.80 Å². The van der Waals surface area contributed by atoms with E-state index in [4.69, 9.17) is 0 Å². The summed E-state index contributed by atoms with van der Waals surface area (Å²) in [5.74, 6) is 1.18. The first kappa shape index (κ1) is 29.2. The number of rotatable bonds is 4. The zero-order chi connectivity index (χ0) is 33.5. The molecule has 9 rings (SSSR count). The highest BCUT2D eigenvalue weighted by atomic mass is 16.1. The molecular formula is C44H40N2O2. The summed E-state index contributed by atoms with van der Waals surface area (Å²) in [4.78, 5) is 28.6. The van der Waals surface area contributed by atoms with Crippen molar-refractivity contribution in [1.29, 1.82) is 0 Å². The van der Waals surface area contributed by atoms with Gasteiger partial charge in [-0.15, -0.1) is 0 Å². The van der Waals surface area contributed by atoms with Crippen molar-refractivity contribution in [3.05, 3.63) is 115 Å². The Hall–Kier alpha value is -4.96. The Morgan fingerprint density at radius 2 is 0.708 bits per heavy atom. The third-order valence-corrected chi connectivity index (χ3v) is 11.1. The number of hydrogen-bond acceptors (Lipinski definition) is 2. The van der Waals surface area contributed by atoms with Crippen LogP contribution in [0, 0.1) is 0 Å². The van der Waals surface area contributed by atoms with Gasteiger partial charge < -0.3 is 8.80 Å². The molecule has 9 aromatic rings. The third kappa shape index (κ3) is 3.72. The van der Waals surface area contributed by atoms with Gasteiger partial charge in [-0.3, -0.25) is 9.59 Å². The van der Waals surface area contributed by atoms with Gasteiger partial charge in [0.2, 0.25) is 0 Å². The van der Waals surface area contributed by atoms with Crippen LogP contribution in [0.4, 0.5) is 0 Å². The van der Waals surface area contributed by atoms with Crippen LogP contribution in [0.1, 0.15) is 101 Å². The summed E-state index contributed by atoms with van der Waals surface area (Å²) < 4.78 is 4.65. The number of fused-ring (bicyclic) bond motifs is 10. The van der Waals surface area contributed by atoms with Crippen molar-refractivity contribution in [2.75, 3.05) is 0 Å². The van der Waals surface area contributed by atoms with Crippen molar-refractivity contribution >= 4 is 76.2 Å². The smallest absolute Gasteiger partial charge is 0.197 e. The molecule has 0 aliphatic carbocycles. The number of nitrogens with zero attached hydrogens (tertiary/aromatic N) is 2. The summed E-state index contributed by atoms with van der Waals surface area (Å²) in [5.41, 5.74) is 10.9. The fraction of sp³-hybridized carbons (Fsp3) is 0.273. The Labute approximate surface area is 278 Å². The lowest BCUT2D eigenvalue weighted by atomic mass is 9.95. The van der Waals surface area contributed by atoms with Crippen molar-refractivity contribution in [2.45, 2.75) is 79.1 Å².